The van der Waals surface area contributed by atoms with Crippen molar-refractivity contribution in [3.8, 4) is 0 Å². The first-order chi connectivity index (χ1) is 11.6. The summed E-state index contributed by atoms with van der Waals surface area (Å²) < 4.78 is 0. The topological polar surface area (TPSA) is 34.1 Å². The summed E-state index contributed by atoms with van der Waals surface area (Å²) in [7, 11) is 0. The summed E-state index contributed by atoms with van der Waals surface area (Å²) in [4.78, 5) is 23.6. The predicted molar refractivity (Wildman–Crippen MR) is 111 cm³/mol. The van der Waals surface area contributed by atoms with Crippen LogP contribution in [0.1, 0.15) is 50.8 Å². The Bertz CT molecular complexity index is 566. The summed E-state index contributed by atoms with van der Waals surface area (Å²) in [6.45, 7) is 6.97. The molecule has 0 aliphatic carbocycles. The normalized spacial score (nSPS) is 9.24. The number of benzene rings is 2. The van der Waals surface area contributed by atoms with Gasteiger partial charge in [0.1, 0.15) is 0 Å². The first-order valence-corrected chi connectivity index (χ1v) is 11.2. The smallest absolute Gasteiger partial charge is 1.00 e. The van der Waals surface area contributed by atoms with Crippen LogP contribution >= 0.6 is 0 Å². The third-order valence-corrected chi connectivity index (χ3v) is 7.71. The Kier molecular flexibility index (Phi) is 14.9. The number of ketones is 2. The van der Waals surface area contributed by atoms with E-state index in [9.17, 15) is 9.59 Å². The van der Waals surface area contributed by atoms with E-state index in [1.165, 1.54) is 15.8 Å². The molecule has 0 atom stereocenters. The van der Waals surface area contributed by atoms with Crippen molar-refractivity contribution in [2.75, 3.05) is 0 Å². The molecule has 25 heavy (non-hydrogen) atoms. The molecule has 0 amide bonds. The molecule has 0 N–H and O–H groups in total. The van der Waals surface area contributed by atoms with Crippen LogP contribution in [0.3, 0.4) is 0 Å². The monoisotopic (exact) mass is 478 g/mol. The van der Waals surface area contributed by atoms with E-state index in [1.54, 1.807) is 48.5 Å². The molecule has 2 aromatic carbocycles. The van der Waals surface area contributed by atoms with Gasteiger partial charge in [0.25, 0.3) is 14.1 Å². The molecule has 0 heterocycles. The fourth-order valence-corrected chi connectivity index (χ4v) is 4.20. The van der Waals surface area contributed by atoms with E-state index in [1.807, 2.05) is 12.1 Å². The Morgan fingerprint density at radius 2 is 1.04 bits per heavy atom. The van der Waals surface area contributed by atoms with Crippen molar-refractivity contribution in [2.24, 2.45) is 0 Å². The molecule has 0 spiro atoms. The molecule has 0 radical (unpaired) electrons. The van der Waals surface area contributed by atoms with Gasteiger partial charge in [0.05, 0.1) is 6.42 Å². The van der Waals surface area contributed by atoms with E-state index < -0.39 is 0 Å². The second-order valence-corrected chi connectivity index (χ2v) is 10.0. The van der Waals surface area contributed by atoms with Crippen molar-refractivity contribution in [1.82, 2.24) is 0 Å². The third kappa shape index (κ3) is 9.96. The van der Waals surface area contributed by atoms with Gasteiger partial charge in [0, 0.05) is 11.1 Å². The van der Waals surface area contributed by atoms with Crippen molar-refractivity contribution in [3.05, 3.63) is 71.8 Å². The molecule has 2 nitrogen and oxygen atoms in total. The van der Waals surface area contributed by atoms with Crippen molar-refractivity contribution < 1.29 is 12.4 Å². The van der Waals surface area contributed by atoms with Crippen LogP contribution in [0.5, 0.6) is 0 Å². The van der Waals surface area contributed by atoms with E-state index in [4.69, 9.17) is 0 Å². The summed E-state index contributed by atoms with van der Waals surface area (Å²) in [5, 5.41) is 4.48. The maximum Gasteiger partial charge on any atom is 2.00 e. The molecule has 0 unspecified atom stereocenters. The van der Waals surface area contributed by atoms with Crippen molar-refractivity contribution in [3.63, 3.8) is 0 Å². The average molecular weight is 478 g/mol. The van der Waals surface area contributed by atoms with Crippen molar-refractivity contribution >= 4 is 74.6 Å². The summed E-state index contributed by atoms with van der Waals surface area (Å²) >= 11 is -0.171. The maximum atomic E-state index is 11.8. The van der Waals surface area contributed by atoms with Gasteiger partial charge in [-0.2, -0.15) is 0 Å². The van der Waals surface area contributed by atoms with Gasteiger partial charge in [-0.05, 0) is 0 Å². The first-order valence-electron chi connectivity index (χ1n) is 8.78. The number of rotatable bonds is 7. The molecular formula is C21H29AlBaO2. The molecule has 0 saturated heterocycles. The first kappa shape index (κ1) is 24.9. The summed E-state index contributed by atoms with van der Waals surface area (Å²) in [6, 6.07) is 17.7. The summed E-state index contributed by atoms with van der Waals surface area (Å²) in [5.74, 6) is -0.279. The van der Waals surface area contributed by atoms with E-state index in [0.29, 0.717) is 11.1 Å². The van der Waals surface area contributed by atoms with E-state index in [-0.39, 0.29) is 83.9 Å². The van der Waals surface area contributed by atoms with E-state index in [2.05, 4.69) is 20.8 Å². The summed E-state index contributed by atoms with van der Waals surface area (Å²) in [5.41, 5.74) is 1.16. The summed E-state index contributed by atoms with van der Waals surface area (Å²) in [6.07, 6.45) is -0.0754. The molecule has 4 heteroatoms. The van der Waals surface area contributed by atoms with Gasteiger partial charge in [-0.25, -0.2) is 0 Å². The second-order valence-electron chi connectivity index (χ2n) is 5.85. The largest absolute Gasteiger partial charge is 2.00 e. The van der Waals surface area contributed by atoms with Gasteiger partial charge in [0.2, 0.25) is 0 Å². The number of carbonyl (C=O) groups is 2. The minimum Gasteiger partial charge on any atom is -1.00 e. The fraction of sp³-hybridized carbons (Fsp3) is 0.333. The molecular weight excluding hydrogens is 449 g/mol. The maximum absolute atomic E-state index is 11.8. The quantitative estimate of drug-likeness (QED) is 0.299. The van der Waals surface area contributed by atoms with Crippen LogP contribution in [0.25, 0.3) is 0 Å². The van der Waals surface area contributed by atoms with E-state index >= 15 is 0 Å². The molecule has 0 fully saturated rings. The van der Waals surface area contributed by atoms with E-state index in [0.717, 1.165) is 0 Å². The predicted octanol–water partition coefficient (Wildman–Crippen LogP) is 5.53. The number of carbonyl (C=O) groups excluding carboxylic acids is 2. The Hall–Kier alpha value is -0.116. The zero-order valence-corrected chi connectivity index (χ0v) is 21.3. The standard InChI is InChI=1S/C15H12O2.3C2H5.Al.Ba.2H/c16-14(12-7-3-1-4-8-12)11-15(17)13-9-5-2-6-10-13;3*1-2;;;;/h1-10H,11H2;3*1H2,2H3;;;;/q;;;;;+2;2*-1. The molecule has 2 rings (SSSR count). The van der Waals surface area contributed by atoms with Gasteiger partial charge in [-0.1, -0.05) is 97.3 Å². The number of Topliss-reactive ketones (excluding diaryl/α,β-unsaturated/α-hetero) is 2. The van der Waals surface area contributed by atoms with Crippen LogP contribution in [-0.4, -0.2) is 74.6 Å². The van der Waals surface area contributed by atoms with Crippen molar-refractivity contribution in [2.45, 2.75) is 43.0 Å². The molecule has 0 aliphatic rings. The van der Waals surface area contributed by atoms with Crippen LogP contribution in [0.15, 0.2) is 60.7 Å². The van der Waals surface area contributed by atoms with Gasteiger partial charge < -0.3 is 2.85 Å². The molecule has 0 saturated carbocycles. The third-order valence-electron chi connectivity index (χ3n) is 4.24. The molecule has 0 aromatic heterocycles. The van der Waals surface area contributed by atoms with Crippen molar-refractivity contribution in [1.29, 1.82) is 0 Å². The SMILES string of the molecule is C[CH2][Al]([CH2]C)[CH2]C.O=C(CC(=O)c1ccccc1)c1ccccc1.[Ba+2].[H-].[H-]. The zero-order valence-electron chi connectivity index (χ0n) is 17.7. The minimum absolute atomic E-state index is 0. The number of hydrogen-bond donors (Lipinski definition) is 0. The average Bonchev–Trinajstić information content (AvgIpc) is 2.65. The van der Waals surface area contributed by atoms with Gasteiger partial charge in [-0.3, -0.25) is 9.59 Å². The molecule has 0 aliphatic heterocycles. The fourth-order valence-electron chi connectivity index (χ4n) is 2.46. The zero-order chi connectivity index (χ0) is 17.8. The minimum atomic E-state index is -0.171. The Balaban J connectivity index is -0.000000504. The Labute approximate surface area is 199 Å². The molecule has 130 valence electrons. The molecule has 2 aromatic rings. The number of hydrogen-bond acceptors (Lipinski definition) is 2. The second kappa shape index (κ2) is 15.0. The van der Waals surface area contributed by atoms with Crippen LogP contribution in [0.2, 0.25) is 15.8 Å². The molecule has 0 bridgehead atoms. The van der Waals surface area contributed by atoms with Crippen LogP contribution in [0.4, 0.5) is 0 Å². The van der Waals surface area contributed by atoms with Crippen LogP contribution in [-0.2, 0) is 0 Å². The van der Waals surface area contributed by atoms with Gasteiger partial charge in [0.15, 0.2) is 11.6 Å². The van der Waals surface area contributed by atoms with Gasteiger partial charge >= 0.3 is 48.9 Å². The van der Waals surface area contributed by atoms with Gasteiger partial charge in [-0.15, -0.1) is 0 Å². The van der Waals surface area contributed by atoms with Crippen LogP contribution in [0, 0.1) is 0 Å². The Morgan fingerprint density at radius 3 is 1.28 bits per heavy atom. The van der Waals surface area contributed by atoms with Crippen LogP contribution < -0.4 is 0 Å². The Morgan fingerprint density at radius 1 is 0.720 bits per heavy atom.